The average molecular weight is 360 g/mol. The van der Waals surface area contributed by atoms with Crippen molar-refractivity contribution in [3.8, 4) is 23.0 Å². The van der Waals surface area contributed by atoms with Gasteiger partial charge >= 0.3 is 5.91 Å². The first-order valence-electron chi connectivity index (χ1n) is 7.89. The summed E-state index contributed by atoms with van der Waals surface area (Å²) in [6.45, 7) is 0. The summed E-state index contributed by atoms with van der Waals surface area (Å²) in [4.78, 5) is 12.0. The molecular formula is C21H16N2O2S. The minimum absolute atomic E-state index is 0.691. The number of nitrogens with one attached hydrogen (secondary N) is 2. The summed E-state index contributed by atoms with van der Waals surface area (Å²) in [6, 6.07) is 26.0. The molecule has 5 heteroatoms. The number of anilines is 1. The highest BCUT2D eigenvalue weighted by Gasteiger charge is 1.99. The van der Waals surface area contributed by atoms with Gasteiger partial charge in [-0.3, -0.25) is 10.0 Å². The maximum Gasteiger partial charge on any atom is 0.319 e. The third-order valence-corrected chi connectivity index (χ3v) is 4.40. The van der Waals surface area contributed by atoms with E-state index in [1.807, 2.05) is 30.3 Å². The summed E-state index contributed by atoms with van der Waals surface area (Å²) in [7, 11) is 0. The van der Waals surface area contributed by atoms with E-state index in [0.717, 1.165) is 10.6 Å². The minimum atomic E-state index is -0.735. The molecule has 0 radical (unpaired) electrons. The van der Waals surface area contributed by atoms with Crippen molar-refractivity contribution in [2.75, 3.05) is 4.72 Å². The lowest BCUT2D eigenvalue weighted by Gasteiger charge is -2.07. The van der Waals surface area contributed by atoms with Crippen LogP contribution in [0, 0.1) is 11.8 Å². The first kappa shape index (κ1) is 17.6. The Morgan fingerprint density at radius 1 is 0.846 bits per heavy atom. The molecule has 0 aliphatic rings. The molecule has 0 bridgehead atoms. The van der Waals surface area contributed by atoms with Crippen molar-refractivity contribution in [1.29, 1.82) is 0 Å². The smallest absolute Gasteiger partial charge is 0.319 e. The van der Waals surface area contributed by atoms with Crippen LogP contribution >= 0.6 is 11.9 Å². The molecule has 0 heterocycles. The normalized spacial score (nSPS) is 9.73. The highest BCUT2D eigenvalue weighted by molar-refractivity contribution is 8.00. The van der Waals surface area contributed by atoms with Gasteiger partial charge in [0.25, 0.3) is 0 Å². The first-order valence-corrected chi connectivity index (χ1v) is 8.71. The Morgan fingerprint density at radius 2 is 1.50 bits per heavy atom. The fraction of sp³-hybridized carbons (Fsp3) is 0. The van der Waals surface area contributed by atoms with E-state index in [2.05, 4.69) is 53.0 Å². The Labute approximate surface area is 156 Å². The summed E-state index contributed by atoms with van der Waals surface area (Å²) in [5.41, 5.74) is 5.47. The first-order chi connectivity index (χ1) is 12.7. The van der Waals surface area contributed by atoms with E-state index in [0.29, 0.717) is 5.56 Å². The Balaban J connectivity index is 1.58. The highest BCUT2D eigenvalue weighted by Crippen LogP contribution is 2.25. The monoisotopic (exact) mass is 360 g/mol. The largest absolute Gasteiger partial charge is 0.326 e. The number of hydroxylamine groups is 1. The van der Waals surface area contributed by atoms with Gasteiger partial charge in [-0.15, -0.1) is 0 Å². The molecule has 0 saturated heterocycles. The third-order valence-electron chi connectivity index (χ3n) is 3.55. The molecular weight excluding hydrogens is 344 g/mol. The summed E-state index contributed by atoms with van der Waals surface area (Å²) in [5, 5.41) is 8.40. The van der Waals surface area contributed by atoms with Crippen LogP contribution in [0.4, 0.5) is 5.69 Å². The van der Waals surface area contributed by atoms with Gasteiger partial charge in [-0.1, -0.05) is 48.4 Å². The van der Waals surface area contributed by atoms with E-state index < -0.39 is 5.91 Å². The molecule has 0 spiro atoms. The van der Waals surface area contributed by atoms with Crippen molar-refractivity contribution in [1.82, 2.24) is 5.48 Å². The fourth-order valence-electron chi connectivity index (χ4n) is 2.24. The van der Waals surface area contributed by atoms with Crippen LogP contribution in [-0.4, -0.2) is 11.1 Å². The topological polar surface area (TPSA) is 61.4 Å². The number of carbonyl (C=O) groups is 1. The Kier molecular flexibility index (Phi) is 5.94. The van der Waals surface area contributed by atoms with Gasteiger partial charge in [-0.05, 0) is 59.5 Å². The number of rotatable bonds is 4. The second kappa shape index (κ2) is 8.77. The van der Waals surface area contributed by atoms with Crippen LogP contribution in [0.5, 0.6) is 0 Å². The van der Waals surface area contributed by atoms with Crippen LogP contribution in [0.15, 0.2) is 83.8 Å². The SMILES string of the molecule is O=C(C#Cc1ccc(NSc2ccc(-c3ccccc3)cc2)cc1)NO. The van der Waals surface area contributed by atoms with Crippen molar-refractivity contribution < 1.29 is 10.0 Å². The molecule has 0 aliphatic carbocycles. The van der Waals surface area contributed by atoms with Gasteiger partial charge in [0.15, 0.2) is 0 Å². The summed E-state index contributed by atoms with van der Waals surface area (Å²) in [6.07, 6.45) is 0. The molecule has 0 saturated carbocycles. The third kappa shape index (κ3) is 4.90. The Bertz CT molecular complexity index is 928. The molecule has 0 fully saturated rings. The van der Waals surface area contributed by atoms with E-state index >= 15 is 0 Å². The number of benzene rings is 3. The predicted molar refractivity (Wildman–Crippen MR) is 105 cm³/mol. The van der Waals surface area contributed by atoms with E-state index in [4.69, 9.17) is 5.21 Å². The lowest BCUT2D eigenvalue weighted by molar-refractivity contribution is -0.123. The van der Waals surface area contributed by atoms with Gasteiger partial charge in [0, 0.05) is 22.1 Å². The summed E-state index contributed by atoms with van der Waals surface area (Å²) < 4.78 is 3.27. The number of hydrogen-bond acceptors (Lipinski definition) is 4. The zero-order chi connectivity index (χ0) is 18.2. The van der Waals surface area contributed by atoms with Gasteiger partial charge < -0.3 is 4.72 Å². The van der Waals surface area contributed by atoms with Gasteiger partial charge in [-0.25, -0.2) is 5.48 Å². The molecule has 0 atom stereocenters. The molecule has 4 nitrogen and oxygen atoms in total. The predicted octanol–water partition coefficient (Wildman–Crippen LogP) is 4.33. The van der Waals surface area contributed by atoms with Crippen LogP contribution in [0.25, 0.3) is 11.1 Å². The molecule has 128 valence electrons. The van der Waals surface area contributed by atoms with E-state index in [-0.39, 0.29) is 0 Å². The number of hydrogen-bond donors (Lipinski definition) is 3. The minimum Gasteiger partial charge on any atom is -0.326 e. The molecule has 0 aromatic heterocycles. The van der Waals surface area contributed by atoms with Crippen LogP contribution in [0.3, 0.4) is 0 Å². The van der Waals surface area contributed by atoms with E-state index in [1.165, 1.54) is 28.6 Å². The van der Waals surface area contributed by atoms with Crippen molar-refractivity contribution in [2.45, 2.75) is 4.90 Å². The van der Waals surface area contributed by atoms with Gasteiger partial charge in [0.1, 0.15) is 0 Å². The van der Waals surface area contributed by atoms with Gasteiger partial charge in [0.05, 0.1) is 0 Å². The molecule has 26 heavy (non-hydrogen) atoms. The second-order valence-electron chi connectivity index (χ2n) is 5.36. The maximum absolute atomic E-state index is 10.9. The molecule has 3 N–H and O–H groups in total. The molecule has 3 rings (SSSR count). The molecule has 1 amide bonds. The number of carbonyl (C=O) groups excluding carboxylic acids is 1. The average Bonchev–Trinajstić information content (AvgIpc) is 2.72. The molecule has 3 aromatic carbocycles. The fourth-order valence-corrected chi connectivity index (χ4v) is 2.89. The van der Waals surface area contributed by atoms with Gasteiger partial charge in [0.2, 0.25) is 0 Å². The molecule has 0 aliphatic heterocycles. The lowest BCUT2D eigenvalue weighted by Crippen LogP contribution is -2.15. The maximum atomic E-state index is 10.9. The van der Waals surface area contributed by atoms with Gasteiger partial charge in [-0.2, -0.15) is 0 Å². The lowest BCUT2D eigenvalue weighted by atomic mass is 10.1. The van der Waals surface area contributed by atoms with Crippen molar-refractivity contribution in [3.05, 3.63) is 84.4 Å². The van der Waals surface area contributed by atoms with Crippen molar-refractivity contribution in [2.24, 2.45) is 0 Å². The highest BCUT2D eigenvalue weighted by atomic mass is 32.2. The van der Waals surface area contributed by atoms with Crippen LogP contribution in [0.2, 0.25) is 0 Å². The van der Waals surface area contributed by atoms with Crippen LogP contribution < -0.4 is 10.2 Å². The zero-order valence-electron chi connectivity index (χ0n) is 13.8. The van der Waals surface area contributed by atoms with Crippen LogP contribution in [-0.2, 0) is 4.79 Å². The molecule has 3 aromatic rings. The van der Waals surface area contributed by atoms with Crippen molar-refractivity contribution >= 4 is 23.5 Å². The molecule has 0 unspecified atom stereocenters. The number of amides is 1. The van der Waals surface area contributed by atoms with Crippen LogP contribution in [0.1, 0.15) is 5.56 Å². The van der Waals surface area contributed by atoms with Crippen molar-refractivity contribution in [3.63, 3.8) is 0 Å². The summed E-state index contributed by atoms with van der Waals surface area (Å²) >= 11 is 1.52. The van der Waals surface area contributed by atoms with E-state index in [9.17, 15) is 4.79 Å². The zero-order valence-corrected chi connectivity index (χ0v) is 14.6. The second-order valence-corrected chi connectivity index (χ2v) is 6.24. The standard InChI is InChI=1S/C21H16N2O2S/c24-21(22-25)15-8-16-6-11-19(12-7-16)23-26-20-13-9-18(10-14-20)17-4-2-1-3-5-17/h1-7,9-14,23,25H,(H,22,24). The Hall–Kier alpha value is -3.20. The summed E-state index contributed by atoms with van der Waals surface area (Å²) in [5.74, 6) is 4.20. The Morgan fingerprint density at radius 3 is 2.15 bits per heavy atom. The van der Waals surface area contributed by atoms with E-state index in [1.54, 1.807) is 12.1 Å². The quantitative estimate of drug-likeness (QED) is 0.280.